The van der Waals surface area contributed by atoms with Gasteiger partial charge >= 0.3 is 0 Å². The van der Waals surface area contributed by atoms with E-state index < -0.39 is 0 Å². The molecule has 0 heterocycles. The normalized spacial score (nSPS) is 35.9. The maximum absolute atomic E-state index is 3.72. The van der Waals surface area contributed by atoms with Crippen LogP contribution in [0.25, 0.3) is 0 Å². The van der Waals surface area contributed by atoms with Crippen LogP contribution in [0.2, 0.25) is 0 Å². The van der Waals surface area contributed by atoms with Crippen LogP contribution in [0.1, 0.15) is 56.4 Å². The minimum atomic E-state index is 0.716. The van der Waals surface area contributed by atoms with Crippen LogP contribution in [-0.4, -0.2) is 25.7 Å². The molecule has 1 aromatic rings. The standard InChI is InChI=1S/C21H32N2/c1-2-7-19(8-3-1)20-14-21(20)23-10-9-22-15-18-12-16-5-4-6-17(11-16)13-18/h1-3,7-8,16-18,20-23H,4-6,9-15H2. The summed E-state index contributed by atoms with van der Waals surface area (Å²) in [6.45, 7) is 3.50. The van der Waals surface area contributed by atoms with Crippen LogP contribution in [-0.2, 0) is 0 Å². The Morgan fingerprint density at radius 2 is 1.65 bits per heavy atom. The second kappa shape index (κ2) is 7.36. The Hall–Kier alpha value is -0.860. The summed E-state index contributed by atoms with van der Waals surface area (Å²) in [5.41, 5.74) is 1.51. The molecule has 0 radical (unpaired) electrons. The van der Waals surface area contributed by atoms with Gasteiger partial charge in [0.15, 0.2) is 0 Å². The second-order valence-electron chi connectivity index (χ2n) is 8.25. The number of rotatable bonds is 7. The quantitative estimate of drug-likeness (QED) is 0.745. The molecule has 2 bridgehead atoms. The summed E-state index contributed by atoms with van der Waals surface area (Å²) in [7, 11) is 0. The van der Waals surface area contributed by atoms with Crippen molar-refractivity contribution in [2.24, 2.45) is 17.8 Å². The van der Waals surface area contributed by atoms with Crippen LogP contribution in [0, 0.1) is 17.8 Å². The molecule has 4 atom stereocenters. The van der Waals surface area contributed by atoms with E-state index in [1.807, 2.05) is 0 Å². The molecule has 3 aliphatic rings. The zero-order chi connectivity index (χ0) is 15.5. The van der Waals surface area contributed by atoms with Crippen LogP contribution in [0.3, 0.4) is 0 Å². The van der Waals surface area contributed by atoms with Gasteiger partial charge in [-0.05, 0) is 55.5 Å². The highest BCUT2D eigenvalue weighted by atomic mass is 15.0. The van der Waals surface area contributed by atoms with E-state index in [2.05, 4.69) is 41.0 Å². The van der Waals surface area contributed by atoms with Crippen molar-refractivity contribution in [1.82, 2.24) is 10.6 Å². The van der Waals surface area contributed by atoms with Crippen molar-refractivity contribution >= 4 is 0 Å². The molecule has 0 aromatic heterocycles. The number of hydrogen-bond donors (Lipinski definition) is 2. The fourth-order valence-electron chi connectivity index (χ4n) is 5.18. The first-order valence-electron chi connectivity index (χ1n) is 9.87. The SMILES string of the molecule is c1ccc(C2CC2NCCNCC2CC3CCCC(C3)C2)cc1. The van der Waals surface area contributed by atoms with E-state index in [9.17, 15) is 0 Å². The average molecular weight is 313 g/mol. The van der Waals surface area contributed by atoms with Gasteiger partial charge in [0.05, 0.1) is 0 Å². The van der Waals surface area contributed by atoms with E-state index >= 15 is 0 Å². The van der Waals surface area contributed by atoms with Crippen LogP contribution >= 0.6 is 0 Å². The zero-order valence-electron chi connectivity index (χ0n) is 14.3. The van der Waals surface area contributed by atoms with Crippen molar-refractivity contribution in [3.63, 3.8) is 0 Å². The second-order valence-corrected chi connectivity index (χ2v) is 8.25. The fraction of sp³-hybridized carbons (Fsp3) is 0.714. The number of fused-ring (bicyclic) bond motifs is 2. The first kappa shape index (κ1) is 15.7. The summed E-state index contributed by atoms with van der Waals surface area (Å²) in [4.78, 5) is 0. The van der Waals surface area contributed by atoms with Crippen LogP contribution in [0.4, 0.5) is 0 Å². The van der Waals surface area contributed by atoms with E-state index in [0.717, 1.165) is 36.8 Å². The monoisotopic (exact) mass is 312 g/mol. The van der Waals surface area contributed by atoms with Crippen molar-refractivity contribution in [1.29, 1.82) is 0 Å². The van der Waals surface area contributed by atoms with Crippen LogP contribution in [0.15, 0.2) is 30.3 Å². The molecule has 2 heteroatoms. The topological polar surface area (TPSA) is 24.1 Å². The smallest absolute Gasteiger partial charge is 0.0143 e. The van der Waals surface area contributed by atoms with Gasteiger partial charge in [0.25, 0.3) is 0 Å². The van der Waals surface area contributed by atoms with Gasteiger partial charge in [0.1, 0.15) is 0 Å². The Kier molecular flexibility index (Phi) is 5.01. The van der Waals surface area contributed by atoms with Gasteiger partial charge in [0.2, 0.25) is 0 Å². The Balaban J connectivity index is 1.09. The van der Waals surface area contributed by atoms with Crippen LogP contribution < -0.4 is 10.6 Å². The lowest BCUT2D eigenvalue weighted by Crippen LogP contribution is -2.36. The molecule has 3 saturated carbocycles. The molecule has 0 amide bonds. The Morgan fingerprint density at radius 1 is 0.870 bits per heavy atom. The number of benzene rings is 1. The minimum Gasteiger partial charge on any atom is -0.315 e. The van der Waals surface area contributed by atoms with Crippen molar-refractivity contribution < 1.29 is 0 Å². The van der Waals surface area contributed by atoms with Crippen LogP contribution in [0.5, 0.6) is 0 Å². The molecule has 4 rings (SSSR count). The molecule has 23 heavy (non-hydrogen) atoms. The summed E-state index contributed by atoms with van der Waals surface area (Å²) < 4.78 is 0. The molecule has 2 N–H and O–H groups in total. The summed E-state index contributed by atoms with van der Waals surface area (Å²) in [6, 6.07) is 11.7. The Morgan fingerprint density at radius 3 is 2.43 bits per heavy atom. The molecular weight excluding hydrogens is 280 g/mol. The van der Waals surface area contributed by atoms with Gasteiger partial charge in [-0.3, -0.25) is 0 Å². The van der Waals surface area contributed by atoms with Crippen molar-refractivity contribution in [2.75, 3.05) is 19.6 Å². The highest BCUT2D eigenvalue weighted by Crippen LogP contribution is 2.42. The van der Waals surface area contributed by atoms with E-state index in [-0.39, 0.29) is 0 Å². The molecule has 3 fully saturated rings. The molecule has 3 aliphatic carbocycles. The first-order valence-corrected chi connectivity index (χ1v) is 9.87. The van der Waals surface area contributed by atoms with Gasteiger partial charge in [-0.25, -0.2) is 0 Å². The van der Waals surface area contributed by atoms with E-state index in [0.29, 0.717) is 6.04 Å². The molecule has 0 saturated heterocycles. The number of hydrogen-bond acceptors (Lipinski definition) is 2. The fourth-order valence-corrected chi connectivity index (χ4v) is 5.18. The van der Waals surface area contributed by atoms with Gasteiger partial charge < -0.3 is 10.6 Å². The van der Waals surface area contributed by atoms with Crippen molar-refractivity contribution in [3.8, 4) is 0 Å². The van der Waals surface area contributed by atoms with Gasteiger partial charge in [-0.2, -0.15) is 0 Å². The third-order valence-corrected chi connectivity index (χ3v) is 6.38. The molecule has 4 unspecified atom stereocenters. The van der Waals surface area contributed by atoms with Crippen molar-refractivity contribution in [2.45, 2.75) is 56.9 Å². The van der Waals surface area contributed by atoms with E-state index in [1.54, 1.807) is 6.42 Å². The molecular formula is C21H32N2. The molecule has 0 aliphatic heterocycles. The zero-order valence-corrected chi connectivity index (χ0v) is 14.3. The third-order valence-electron chi connectivity index (χ3n) is 6.38. The summed E-state index contributed by atoms with van der Waals surface area (Å²) in [5, 5.41) is 7.44. The van der Waals surface area contributed by atoms with Gasteiger partial charge in [-0.1, -0.05) is 49.6 Å². The predicted molar refractivity (Wildman–Crippen MR) is 96.6 cm³/mol. The molecule has 126 valence electrons. The third kappa shape index (κ3) is 4.16. The highest BCUT2D eigenvalue weighted by Gasteiger charge is 2.37. The lowest BCUT2D eigenvalue weighted by molar-refractivity contribution is 0.136. The summed E-state index contributed by atoms with van der Waals surface area (Å²) in [5.74, 6) is 3.84. The minimum absolute atomic E-state index is 0.716. The average Bonchev–Trinajstić information content (AvgIpc) is 3.35. The maximum Gasteiger partial charge on any atom is 0.0143 e. The molecule has 1 aromatic carbocycles. The number of nitrogens with one attached hydrogen (secondary N) is 2. The largest absolute Gasteiger partial charge is 0.315 e. The maximum atomic E-state index is 3.72. The molecule has 0 spiro atoms. The van der Waals surface area contributed by atoms with Gasteiger partial charge in [0, 0.05) is 25.0 Å². The first-order chi connectivity index (χ1) is 11.4. The highest BCUT2D eigenvalue weighted by molar-refractivity contribution is 5.27. The van der Waals surface area contributed by atoms with E-state index in [1.165, 1.54) is 50.6 Å². The summed E-state index contributed by atoms with van der Waals surface area (Å²) >= 11 is 0. The summed E-state index contributed by atoms with van der Waals surface area (Å²) in [6.07, 6.45) is 10.4. The van der Waals surface area contributed by atoms with Crippen molar-refractivity contribution in [3.05, 3.63) is 35.9 Å². The van der Waals surface area contributed by atoms with Gasteiger partial charge in [-0.15, -0.1) is 0 Å². The van der Waals surface area contributed by atoms with E-state index in [4.69, 9.17) is 0 Å². The Labute approximate surface area is 141 Å². The Bertz CT molecular complexity index is 474. The lowest BCUT2D eigenvalue weighted by Gasteiger charge is -2.39. The predicted octanol–water partition coefficient (Wildman–Crippen LogP) is 3.94. The lowest BCUT2D eigenvalue weighted by atomic mass is 9.68. The molecule has 2 nitrogen and oxygen atoms in total.